The van der Waals surface area contributed by atoms with Crippen LogP contribution in [-0.2, 0) is 14.6 Å². The Bertz CT molecular complexity index is 404. The SMILES string of the molecule is CCCCCCC#CCS(=O)(=O)CCCNC(C)=O. The van der Waals surface area contributed by atoms with Crippen LogP contribution in [0.2, 0.25) is 0 Å². The second-order valence-corrected chi connectivity index (χ2v) is 6.78. The van der Waals surface area contributed by atoms with Crippen molar-refractivity contribution < 1.29 is 13.2 Å². The maximum Gasteiger partial charge on any atom is 0.216 e. The Morgan fingerprint density at radius 2 is 1.84 bits per heavy atom. The molecule has 0 aromatic carbocycles. The second kappa shape index (κ2) is 10.9. The van der Waals surface area contributed by atoms with Crippen LogP contribution in [0.15, 0.2) is 0 Å². The first-order valence-corrected chi connectivity index (χ1v) is 8.70. The fraction of sp³-hybridized carbons (Fsp3) is 0.786. The molecule has 1 N–H and O–H groups in total. The molecule has 110 valence electrons. The third-order valence-corrected chi connectivity index (χ3v) is 4.07. The van der Waals surface area contributed by atoms with Crippen molar-refractivity contribution in [2.75, 3.05) is 18.1 Å². The average molecular weight is 287 g/mol. The predicted molar refractivity (Wildman–Crippen MR) is 78.5 cm³/mol. The molecule has 19 heavy (non-hydrogen) atoms. The van der Waals surface area contributed by atoms with Crippen molar-refractivity contribution in [2.45, 2.75) is 52.4 Å². The van der Waals surface area contributed by atoms with E-state index in [1.54, 1.807) is 0 Å². The molecule has 0 atom stereocenters. The Kier molecular flexibility index (Phi) is 10.3. The highest BCUT2D eigenvalue weighted by Gasteiger charge is 2.08. The number of carbonyl (C=O) groups excluding carboxylic acids is 1. The van der Waals surface area contributed by atoms with Gasteiger partial charge in [0, 0.05) is 19.9 Å². The van der Waals surface area contributed by atoms with Crippen LogP contribution in [0.5, 0.6) is 0 Å². The van der Waals surface area contributed by atoms with Gasteiger partial charge >= 0.3 is 0 Å². The van der Waals surface area contributed by atoms with Gasteiger partial charge in [0.25, 0.3) is 0 Å². The summed E-state index contributed by atoms with van der Waals surface area (Å²) in [4.78, 5) is 10.6. The number of unbranched alkanes of at least 4 members (excludes halogenated alkanes) is 4. The zero-order valence-corrected chi connectivity index (χ0v) is 12.8. The topological polar surface area (TPSA) is 63.2 Å². The van der Waals surface area contributed by atoms with E-state index in [1.165, 1.54) is 19.8 Å². The fourth-order valence-corrected chi connectivity index (χ4v) is 2.57. The van der Waals surface area contributed by atoms with Gasteiger partial charge in [-0.2, -0.15) is 0 Å². The van der Waals surface area contributed by atoms with Gasteiger partial charge in [-0.1, -0.05) is 32.1 Å². The highest BCUT2D eigenvalue weighted by molar-refractivity contribution is 7.91. The quantitative estimate of drug-likeness (QED) is 0.520. The highest BCUT2D eigenvalue weighted by Crippen LogP contribution is 2.01. The second-order valence-electron chi connectivity index (χ2n) is 4.59. The number of hydrogen-bond donors (Lipinski definition) is 1. The summed E-state index contributed by atoms with van der Waals surface area (Å²) in [5.41, 5.74) is 0. The van der Waals surface area contributed by atoms with E-state index in [0.29, 0.717) is 13.0 Å². The molecule has 0 aromatic heterocycles. The maximum absolute atomic E-state index is 11.6. The van der Waals surface area contributed by atoms with Gasteiger partial charge in [-0.05, 0) is 12.8 Å². The van der Waals surface area contributed by atoms with Gasteiger partial charge < -0.3 is 5.32 Å². The first kappa shape index (κ1) is 18.0. The largest absolute Gasteiger partial charge is 0.356 e. The Hall–Kier alpha value is -1.02. The molecule has 0 saturated carbocycles. The Morgan fingerprint density at radius 3 is 2.47 bits per heavy atom. The van der Waals surface area contributed by atoms with Gasteiger partial charge in [0.15, 0.2) is 9.84 Å². The Balaban J connectivity index is 3.72. The van der Waals surface area contributed by atoms with E-state index in [9.17, 15) is 13.2 Å². The molecule has 0 aliphatic rings. The van der Waals surface area contributed by atoms with Crippen molar-refractivity contribution in [3.05, 3.63) is 0 Å². The fourth-order valence-electron chi connectivity index (χ4n) is 1.52. The van der Waals surface area contributed by atoms with Crippen molar-refractivity contribution in [2.24, 2.45) is 0 Å². The highest BCUT2D eigenvalue weighted by atomic mass is 32.2. The Morgan fingerprint density at radius 1 is 1.11 bits per heavy atom. The number of carbonyl (C=O) groups is 1. The molecule has 0 fully saturated rings. The summed E-state index contributed by atoms with van der Waals surface area (Å²) in [6.45, 7) is 3.97. The maximum atomic E-state index is 11.6. The molecule has 0 unspecified atom stereocenters. The third kappa shape index (κ3) is 13.2. The summed E-state index contributed by atoms with van der Waals surface area (Å²) in [6.07, 6.45) is 5.83. The van der Waals surface area contributed by atoms with E-state index in [1.807, 2.05) is 0 Å². The molecule has 5 heteroatoms. The minimum Gasteiger partial charge on any atom is -0.356 e. The number of hydrogen-bond acceptors (Lipinski definition) is 3. The molecule has 0 aliphatic carbocycles. The molecule has 0 radical (unpaired) electrons. The van der Waals surface area contributed by atoms with Crippen LogP contribution in [0.25, 0.3) is 0 Å². The molecule has 0 saturated heterocycles. The lowest BCUT2D eigenvalue weighted by Gasteiger charge is -2.01. The zero-order valence-electron chi connectivity index (χ0n) is 12.0. The normalized spacial score (nSPS) is 10.6. The number of rotatable bonds is 9. The molecule has 1 amide bonds. The first-order chi connectivity index (χ1) is 8.98. The van der Waals surface area contributed by atoms with E-state index >= 15 is 0 Å². The first-order valence-electron chi connectivity index (χ1n) is 6.88. The third-order valence-electron chi connectivity index (χ3n) is 2.58. The van der Waals surface area contributed by atoms with Crippen molar-refractivity contribution in [3.63, 3.8) is 0 Å². The van der Waals surface area contributed by atoms with Gasteiger partial charge in [-0.25, -0.2) is 8.42 Å². The van der Waals surface area contributed by atoms with Crippen LogP contribution < -0.4 is 5.32 Å². The van der Waals surface area contributed by atoms with Crippen molar-refractivity contribution in [3.8, 4) is 11.8 Å². The lowest BCUT2D eigenvalue weighted by Crippen LogP contribution is -2.23. The lowest BCUT2D eigenvalue weighted by atomic mass is 10.2. The molecular weight excluding hydrogens is 262 g/mol. The molecule has 0 heterocycles. The van der Waals surface area contributed by atoms with Gasteiger partial charge in [0.05, 0.1) is 5.75 Å². The summed E-state index contributed by atoms with van der Waals surface area (Å²) in [7, 11) is -3.10. The monoisotopic (exact) mass is 287 g/mol. The van der Waals surface area contributed by atoms with E-state index in [2.05, 4.69) is 24.1 Å². The lowest BCUT2D eigenvalue weighted by molar-refractivity contribution is -0.118. The van der Waals surface area contributed by atoms with Crippen LogP contribution in [0.3, 0.4) is 0 Å². The molecular formula is C14H25NO3S. The van der Waals surface area contributed by atoms with Crippen LogP contribution in [0.1, 0.15) is 52.4 Å². The van der Waals surface area contributed by atoms with Gasteiger partial charge in [-0.15, -0.1) is 5.92 Å². The van der Waals surface area contributed by atoms with Crippen LogP contribution in [0, 0.1) is 11.8 Å². The minimum absolute atomic E-state index is 0.0686. The molecule has 0 aromatic rings. The van der Waals surface area contributed by atoms with E-state index < -0.39 is 9.84 Å². The smallest absolute Gasteiger partial charge is 0.216 e. The van der Waals surface area contributed by atoms with Crippen molar-refractivity contribution in [1.82, 2.24) is 5.32 Å². The minimum atomic E-state index is -3.10. The van der Waals surface area contributed by atoms with E-state index in [-0.39, 0.29) is 17.4 Å². The standard InChI is InChI=1S/C14H25NO3S/c1-3-4-5-6-7-8-9-12-19(17,18)13-10-11-15-14(2)16/h3-7,10-13H2,1-2H3,(H,15,16). The van der Waals surface area contributed by atoms with Crippen LogP contribution in [0.4, 0.5) is 0 Å². The van der Waals surface area contributed by atoms with Crippen LogP contribution in [-0.4, -0.2) is 32.4 Å². The number of amides is 1. The van der Waals surface area contributed by atoms with Gasteiger partial charge in [-0.3, -0.25) is 4.79 Å². The average Bonchev–Trinajstić information content (AvgIpc) is 2.33. The molecule has 0 bridgehead atoms. The molecule has 4 nitrogen and oxygen atoms in total. The summed E-state index contributed by atoms with van der Waals surface area (Å²) < 4.78 is 23.2. The van der Waals surface area contributed by atoms with Crippen molar-refractivity contribution >= 4 is 15.7 Å². The summed E-state index contributed by atoms with van der Waals surface area (Å²) >= 11 is 0. The molecule has 0 spiro atoms. The number of nitrogens with one attached hydrogen (secondary N) is 1. The van der Waals surface area contributed by atoms with Crippen LogP contribution >= 0.6 is 0 Å². The number of sulfone groups is 1. The predicted octanol–water partition coefficient (Wildman–Crippen LogP) is 1.90. The van der Waals surface area contributed by atoms with E-state index in [0.717, 1.165) is 19.3 Å². The summed E-state index contributed by atoms with van der Waals surface area (Å²) in [5.74, 6) is 5.51. The van der Waals surface area contributed by atoms with Gasteiger partial charge in [0.1, 0.15) is 5.75 Å². The summed E-state index contributed by atoms with van der Waals surface area (Å²) in [5, 5.41) is 2.57. The molecule has 0 rings (SSSR count). The van der Waals surface area contributed by atoms with E-state index in [4.69, 9.17) is 0 Å². The zero-order chi connectivity index (χ0) is 14.6. The van der Waals surface area contributed by atoms with Gasteiger partial charge in [0.2, 0.25) is 5.91 Å². The molecule has 0 aliphatic heterocycles. The van der Waals surface area contributed by atoms with Crippen molar-refractivity contribution in [1.29, 1.82) is 0 Å². The summed E-state index contributed by atoms with van der Waals surface area (Å²) in [6, 6.07) is 0. The Labute approximate surface area is 117 Å².